The van der Waals surface area contributed by atoms with Gasteiger partial charge in [0.2, 0.25) is 0 Å². The number of nitrogens with zero attached hydrogens (tertiary/aromatic N) is 1. The lowest BCUT2D eigenvalue weighted by molar-refractivity contribution is -0.139. The lowest BCUT2D eigenvalue weighted by atomic mass is 10.2. The standard InChI is InChI=1S/C13H24N2O4/c1-9(2)8-15(6-7-19-3)13(18)14-11(12(16)17)10-4-5-10/h9-11H,4-8H2,1-3H3,(H,14,18)(H,16,17). The highest BCUT2D eigenvalue weighted by Gasteiger charge is 2.38. The smallest absolute Gasteiger partial charge is 0.326 e. The van der Waals surface area contributed by atoms with Crippen molar-refractivity contribution in [1.82, 2.24) is 10.2 Å². The van der Waals surface area contributed by atoms with Crippen LogP contribution in [0.3, 0.4) is 0 Å². The van der Waals surface area contributed by atoms with Gasteiger partial charge in [-0.2, -0.15) is 0 Å². The fraction of sp³-hybridized carbons (Fsp3) is 0.846. The molecule has 6 nitrogen and oxygen atoms in total. The summed E-state index contributed by atoms with van der Waals surface area (Å²) < 4.78 is 4.98. The van der Waals surface area contributed by atoms with Gasteiger partial charge in [-0.15, -0.1) is 0 Å². The molecule has 110 valence electrons. The van der Waals surface area contributed by atoms with Crippen LogP contribution in [0.25, 0.3) is 0 Å². The Balaban J connectivity index is 2.55. The lowest BCUT2D eigenvalue weighted by Crippen LogP contribution is -2.50. The molecule has 0 heterocycles. The van der Waals surface area contributed by atoms with E-state index in [1.54, 1.807) is 12.0 Å². The molecule has 0 radical (unpaired) electrons. The number of carbonyl (C=O) groups excluding carboxylic acids is 1. The average molecular weight is 272 g/mol. The van der Waals surface area contributed by atoms with E-state index in [-0.39, 0.29) is 11.9 Å². The first kappa shape index (κ1) is 15.8. The predicted octanol–water partition coefficient (Wildman–Crippen LogP) is 1.16. The van der Waals surface area contributed by atoms with E-state index in [1.165, 1.54) is 0 Å². The molecule has 0 saturated heterocycles. The summed E-state index contributed by atoms with van der Waals surface area (Å²) in [6.07, 6.45) is 1.75. The Kier molecular flexibility index (Phi) is 6.08. The van der Waals surface area contributed by atoms with Crippen molar-refractivity contribution in [2.45, 2.75) is 32.7 Å². The number of ether oxygens (including phenoxy) is 1. The molecule has 1 rings (SSSR count). The summed E-state index contributed by atoms with van der Waals surface area (Å²) in [5.41, 5.74) is 0. The molecule has 6 heteroatoms. The molecule has 0 aromatic heterocycles. The Morgan fingerprint density at radius 3 is 2.47 bits per heavy atom. The molecule has 19 heavy (non-hydrogen) atoms. The van der Waals surface area contributed by atoms with E-state index < -0.39 is 12.0 Å². The highest BCUT2D eigenvalue weighted by atomic mass is 16.5. The van der Waals surface area contributed by atoms with Crippen LogP contribution in [-0.4, -0.2) is 54.9 Å². The molecule has 0 aromatic rings. The third-order valence-electron chi connectivity index (χ3n) is 3.08. The fourth-order valence-electron chi connectivity index (χ4n) is 1.95. The molecule has 1 atom stereocenters. The number of carboxylic acids is 1. The van der Waals surface area contributed by atoms with Gasteiger partial charge in [-0.1, -0.05) is 13.8 Å². The van der Waals surface area contributed by atoms with E-state index in [2.05, 4.69) is 5.32 Å². The minimum absolute atomic E-state index is 0.0878. The Morgan fingerprint density at radius 1 is 1.42 bits per heavy atom. The normalized spacial score (nSPS) is 16.2. The molecule has 1 aliphatic rings. The van der Waals surface area contributed by atoms with Crippen molar-refractivity contribution in [2.24, 2.45) is 11.8 Å². The van der Waals surface area contributed by atoms with Crippen LogP contribution in [0.2, 0.25) is 0 Å². The number of carboxylic acid groups (broad SMARTS) is 1. The van der Waals surface area contributed by atoms with Crippen LogP contribution in [0.4, 0.5) is 4.79 Å². The van der Waals surface area contributed by atoms with Gasteiger partial charge in [-0.3, -0.25) is 0 Å². The van der Waals surface area contributed by atoms with Crippen molar-refractivity contribution in [3.63, 3.8) is 0 Å². The molecule has 0 aromatic carbocycles. The number of methoxy groups -OCH3 is 1. The van der Waals surface area contributed by atoms with E-state index in [0.29, 0.717) is 25.6 Å². The number of hydrogen-bond donors (Lipinski definition) is 2. The number of hydrogen-bond acceptors (Lipinski definition) is 3. The zero-order valence-electron chi connectivity index (χ0n) is 11.9. The highest BCUT2D eigenvalue weighted by Crippen LogP contribution is 2.32. The third-order valence-corrected chi connectivity index (χ3v) is 3.08. The molecule has 2 N–H and O–H groups in total. The van der Waals surface area contributed by atoms with Crippen LogP contribution in [0.1, 0.15) is 26.7 Å². The second kappa shape index (κ2) is 7.33. The number of nitrogens with one attached hydrogen (secondary N) is 1. The summed E-state index contributed by atoms with van der Waals surface area (Å²) in [5.74, 6) is -0.538. The molecular weight excluding hydrogens is 248 g/mol. The van der Waals surface area contributed by atoms with Crippen LogP contribution < -0.4 is 5.32 Å². The van der Waals surface area contributed by atoms with Gasteiger partial charge in [-0.25, -0.2) is 9.59 Å². The van der Waals surface area contributed by atoms with Crippen LogP contribution in [0, 0.1) is 11.8 Å². The molecule has 1 saturated carbocycles. The fourth-order valence-corrected chi connectivity index (χ4v) is 1.95. The highest BCUT2D eigenvalue weighted by molar-refractivity contribution is 5.83. The zero-order valence-corrected chi connectivity index (χ0v) is 11.9. The number of rotatable bonds is 8. The minimum atomic E-state index is -0.952. The van der Waals surface area contributed by atoms with Gasteiger partial charge in [0.05, 0.1) is 6.61 Å². The molecule has 1 unspecified atom stereocenters. The second-order valence-electron chi connectivity index (χ2n) is 5.44. The van der Waals surface area contributed by atoms with Crippen LogP contribution >= 0.6 is 0 Å². The number of urea groups is 1. The Labute approximate surface area is 114 Å². The topological polar surface area (TPSA) is 78.9 Å². The quantitative estimate of drug-likeness (QED) is 0.695. The maximum absolute atomic E-state index is 12.1. The summed E-state index contributed by atoms with van der Waals surface area (Å²) in [7, 11) is 1.58. The predicted molar refractivity (Wildman–Crippen MR) is 71.0 cm³/mol. The van der Waals surface area contributed by atoms with Crippen molar-refractivity contribution >= 4 is 12.0 Å². The average Bonchev–Trinajstić information content (AvgIpc) is 3.14. The summed E-state index contributed by atoms with van der Waals surface area (Å²) >= 11 is 0. The van der Waals surface area contributed by atoms with Gasteiger partial charge in [-0.05, 0) is 24.7 Å². The van der Waals surface area contributed by atoms with E-state index in [1.807, 2.05) is 13.8 Å². The Morgan fingerprint density at radius 2 is 2.05 bits per heavy atom. The van der Waals surface area contributed by atoms with Gasteiger partial charge in [0.25, 0.3) is 0 Å². The van der Waals surface area contributed by atoms with Crippen molar-refractivity contribution in [2.75, 3.05) is 26.8 Å². The molecular formula is C13H24N2O4. The molecule has 0 bridgehead atoms. The first-order chi connectivity index (χ1) is 8.95. The maximum atomic E-state index is 12.1. The first-order valence-corrected chi connectivity index (χ1v) is 6.72. The maximum Gasteiger partial charge on any atom is 0.326 e. The van der Waals surface area contributed by atoms with Gasteiger partial charge in [0.15, 0.2) is 0 Å². The van der Waals surface area contributed by atoms with Gasteiger partial charge in [0, 0.05) is 20.2 Å². The third kappa shape index (κ3) is 5.46. The Hall–Kier alpha value is -1.30. The second-order valence-corrected chi connectivity index (χ2v) is 5.44. The van der Waals surface area contributed by atoms with E-state index in [9.17, 15) is 9.59 Å². The number of aliphatic carboxylic acids is 1. The van der Waals surface area contributed by atoms with E-state index >= 15 is 0 Å². The van der Waals surface area contributed by atoms with Gasteiger partial charge < -0.3 is 20.1 Å². The lowest BCUT2D eigenvalue weighted by Gasteiger charge is -2.26. The number of carbonyl (C=O) groups is 2. The van der Waals surface area contributed by atoms with Crippen molar-refractivity contribution in [3.8, 4) is 0 Å². The summed E-state index contributed by atoms with van der Waals surface area (Å²) in [4.78, 5) is 24.9. The molecule has 1 aliphatic carbocycles. The van der Waals surface area contributed by atoms with Crippen molar-refractivity contribution in [1.29, 1.82) is 0 Å². The SMILES string of the molecule is COCCN(CC(C)C)C(=O)NC(C(=O)O)C1CC1. The van der Waals surface area contributed by atoms with Crippen LogP contribution in [0.15, 0.2) is 0 Å². The van der Waals surface area contributed by atoms with Crippen molar-refractivity contribution in [3.05, 3.63) is 0 Å². The van der Waals surface area contributed by atoms with Gasteiger partial charge in [0.1, 0.15) is 6.04 Å². The van der Waals surface area contributed by atoms with E-state index in [4.69, 9.17) is 9.84 Å². The monoisotopic (exact) mass is 272 g/mol. The summed E-state index contributed by atoms with van der Waals surface area (Å²) in [5, 5.41) is 11.7. The van der Waals surface area contributed by atoms with Crippen molar-refractivity contribution < 1.29 is 19.4 Å². The molecule has 0 spiro atoms. The first-order valence-electron chi connectivity index (χ1n) is 6.72. The van der Waals surface area contributed by atoms with Crippen LogP contribution in [0.5, 0.6) is 0 Å². The number of amides is 2. The molecule has 2 amide bonds. The van der Waals surface area contributed by atoms with Crippen LogP contribution in [-0.2, 0) is 9.53 Å². The molecule has 1 fully saturated rings. The molecule has 0 aliphatic heterocycles. The summed E-state index contributed by atoms with van der Waals surface area (Å²) in [6, 6.07) is -1.07. The largest absolute Gasteiger partial charge is 0.480 e. The van der Waals surface area contributed by atoms with E-state index in [0.717, 1.165) is 12.8 Å². The minimum Gasteiger partial charge on any atom is -0.480 e. The van der Waals surface area contributed by atoms with Gasteiger partial charge >= 0.3 is 12.0 Å². The summed E-state index contributed by atoms with van der Waals surface area (Å²) in [6.45, 7) is 5.54. The Bertz CT molecular complexity index is 316. The zero-order chi connectivity index (χ0) is 14.4.